The molecule has 2 rings (SSSR count). The summed E-state index contributed by atoms with van der Waals surface area (Å²) in [5.41, 5.74) is 7.17. The first kappa shape index (κ1) is 18.4. The number of likely N-dealkylation sites (tertiary alicyclic amines) is 1. The van der Waals surface area contributed by atoms with Crippen molar-refractivity contribution in [3.05, 3.63) is 35.9 Å². The van der Waals surface area contributed by atoms with Gasteiger partial charge in [0.15, 0.2) is 0 Å². The van der Waals surface area contributed by atoms with E-state index in [1.807, 2.05) is 37.3 Å². The van der Waals surface area contributed by atoms with Crippen molar-refractivity contribution in [2.45, 2.75) is 31.8 Å². The highest BCUT2D eigenvalue weighted by Gasteiger charge is 2.27. The van der Waals surface area contributed by atoms with Crippen LogP contribution in [0.1, 0.15) is 31.4 Å². The van der Waals surface area contributed by atoms with Crippen LogP contribution < -0.4 is 11.1 Å². The van der Waals surface area contributed by atoms with E-state index in [-0.39, 0.29) is 36.4 Å². The molecule has 6 heteroatoms. The van der Waals surface area contributed by atoms with Gasteiger partial charge in [-0.05, 0) is 18.4 Å². The van der Waals surface area contributed by atoms with Gasteiger partial charge in [-0.25, -0.2) is 0 Å². The number of nitrogens with one attached hydrogen (secondary N) is 1. The van der Waals surface area contributed by atoms with Crippen molar-refractivity contribution >= 4 is 11.8 Å². The molecule has 1 saturated heterocycles. The zero-order valence-corrected chi connectivity index (χ0v) is 14.4. The van der Waals surface area contributed by atoms with Crippen molar-refractivity contribution < 1.29 is 14.3 Å². The minimum atomic E-state index is -0.324. The Hall–Kier alpha value is -1.92. The first-order valence-electron chi connectivity index (χ1n) is 8.40. The normalized spacial score (nSPS) is 18.0. The van der Waals surface area contributed by atoms with Gasteiger partial charge in [-0.15, -0.1) is 0 Å². The fourth-order valence-corrected chi connectivity index (χ4v) is 2.95. The lowest BCUT2D eigenvalue weighted by Gasteiger charge is -2.33. The smallest absolute Gasteiger partial charge is 0.248 e. The molecule has 0 spiro atoms. The average molecular weight is 333 g/mol. The molecule has 24 heavy (non-hydrogen) atoms. The number of methoxy groups -OCH3 is 1. The van der Waals surface area contributed by atoms with Crippen LogP contribution in [0.25, 0.3) is 0 Å². The molecule has 2 unspecified atom stereocenters. The largest absolute Gasteiger partial charge is 0.375 e. The van der Waals surface area contributed by atoms with E-state index in [0.29, 0.717) is 13.1 Å². The third-order valence-electron chi connectivity index (χ3n) is 4.60. The van der Waals surface area contributed by atoms with Crippen LogP contribution in [0.15, 0.2) is 30.3 Å². The number of nitrogens with zero attached hydrogens (tertiary/aromatic N) is 1. The topological polar surface area (TPSA) is 84.7 Å². The van der Waals surface area contributed by atoms with E-state index >= 15 is 0 Å². The molecule has 1 aromatic carbocycles. The summed E-state index contributed by atoms with van der Waals surface area (Å²) in [6.07, 6.45) is 1.52. The van der Waals surface area contributed by atoms with E-state index in [2.05, 4.69) is 5.32 Å². The van der Waals surface area contributed by atoms with Gasteiger partial charge < -0.3 is 20.7 Å². The molecule has 132 valence electrons. The number of piperidine rings is 1. The van der Waals surface area contributed by atoms with E-state index in [0.717, 1.165) is 18.4 Å². The van der Waals surface area contributed by atoms with Gasteiger partial charge in [0, 0.05) is 32.3 Å². The van der Waals surface area contributed by atoms with Crippen LogP contribution in [0.3, 0.4) is 0 Å². The lowest BCUT2D eigenvalue weighted by Crippen LogP contribution is -2.49. The maximum atomic E-state index is 12.5. The Bertz CT molecular complexity index is 542. The van der Waals surface area contributed by atoms with E-state index in [9.17, 15) is 9.59 Å². The number of carbonyl (C=O) groups excluding carboxylic acids is 2. The number of carbonyl (C=O) groups is 2. The van der Waals surface area contributed by atoms with E-state index < -0.39 is 0 Å². The molecule has 1 aromatic rings. The predicted octanol–water partition coefficient (Wildman–Crippen LogP) is 1.08. The van der Waals surface area contributed by atoms with Gasteiger partial charge in [0.25, 0.3) is 0 Å². The molecule has 6 nitrogen and oxygen atoms in total. The monoisotopic (exact) mass is 333 g/mol. The van der Waals surface area contributed by atoms with Gasteiger partial charge in [-0.2, -0.15) is 0 Å². The van der Waals surface area contributed by atoms with Crippen molar-refractivity contribution in [3.63, 3.8) is 0 Å². The van der Waals surface area contributed by atoms with E-state index in [1.165, 1.54) is 7.11 Å². The molecular weight excluding hydrogens is 306 g/mol. The van der Waals surface area contributed by atoms with Crippen LogP contribution in [0.2, 0.25) is 0 Å². The number of hydrogen-bond donors (Lipinski definition) is 2. The fourth-order valence-electron chi connectivity index (χ4n) is 2.95. The number of hydrogen-bond acceptors (Lipinski definition) is 4. The Balaban J connectivity index is 1.82. The van der Waals surface area contributed by atoms with Gasteiger partial charge >= 0.3 is 0 Å². The van der Waals surface area contributed by atoms with Crippen molar-refractivity contribution in [1.82, 2.24) is 10.2 Å². The lowest BCUT2D eigenvalue weighted by atomic mass is 9.94. The molecule has 0 aromatic heterocycles. The first-order chi connectivity index (χ1) is 11.5. The van der Waals surface area contributed by atoms with Crippen LogP contribution in [-0.4, -0.2) is 49.6 Å². The van der Waals surface area contributed by atoms with Crippen LogP contribution in [0, 0.1) is 5.92 Å². The second-order valence-corrected chi connectivity index (χ2v) is 6.32. The Morgan fingerprint density at radius 3 is 2.50 bits per heavy atom. The standard InChI is InChI=1S/C18H27N3O3/c1-13(17(19)14-6-4-3-5-7-14)18(23)20-15-8-10-21(11-9-15)16(22)12-24-2/h3-7,13,15,17H,8-12,19H2,1-2H3,(H,20,23). The van der Waals surface area contributed by atoms with E-state index in [4.69, 9.17) is 10.5 Å². The lowest BCUT2D eigenvalue weighted by molar-refractivity contribution is -0.136. The quantitative estimate of drug-likeness (QED) is 0.816. The second-order valence-electron chi connectivity index (χ2n) is 6.32. The summed E-state index contributed by atoms with van der Waals surface area (Å²) < 4.78 is 4.87. The minimum Gasteiger partial charge on any atom is -0.375 e. The SMILES string of the molecule is COCC(=O)N1CCC(NC(=O)C(C)C(N)c2ccccc2)CC1. The molecule has 0 aliphatic carbocycles. The molecular formula is C18H27N3O3. The molecule has 1 aliphatic rings. The highest BCUT2D eigenvalue weighted by Crippen LogP contribution is 2.20. The predicted molar refractivity (Wildman–Crippen MR) is 92.2 cm³/mol. The molecule has 2 amide bonds. The number of amides is 2. The van der Waals surface area contributed by atoms with Crippen LogP contribution in [-0.2, 0) is 14.3 Å². The Kier molecular flexibility index (Phi) is 6.75. The molecule has 3 N–H and O–H groups in total. The third-order valence-corrected chi connectivity index (χ3v) is 4.60. The van der Waals surface area contributed by atoms with Gasteiger partial charge in [-0.1, -0.05) is 37.3 Å². The van der Waals surface area contributed by atoms with Gasteiger partial charge in [0.05, 0.1) is 5.92 Å². The minimum absolute atomic E-state index is 0.00162. The summed E-state index contributed by atoms with van der Waals surface area (Å²) in [6, 6.07) is 9.42. The third kappa shape index (κ3) is 4.79. The van der Waals surface area contributed by atoms with Crippen LogP contribution >= 0.6 is 0 Å². The molecule has 1 aliphatic heterocycles. The van der Waals surface area contributed by atoms with Gasteiger partial charge in [-0.3, -0.25) is 9.59 Å². The molecule has 0 radical (unpaired) electrons. The Morgan fingerprint density at radius 1 is 1.29 bits per heavy atom. The maximum absolute atomic E-state index is 12.5. The summed E-state index contributed by atoms with van der Waals surface area (Å²) in [5.74, 6) is -0.338. The summed E-state index contributed by atoms with van der Waals surface area (Å²) in [7, 11) is 1.52. The highest BCUT2D eigenvalue weighted by atomic mass is 16.5. The summed E-state index contributed by atoms with van der Waals surface area (Å²) in [4.78, 5) is 26.0. The zero-order valence-electron chi connectivity index (χ0n) is 14.4. The number of ether oxygens (including phenoxy) is 1. The highest BCUT2D eigenvalue weighted by molar-refractivity contribution is 5.80. The molecule has 2 atom stereocenters. The van der Waals surface area contributed by atoms with E-state index in [1.54, 1.807) is 4.90 Å². The van der Waals surface area contributed by atoms with Gasteiger partial charge in [0.1, 0.15) is 6.61 Å². The van der Waals surface area contributed by atoms with Crippen molar-refractivity contribution in [2.24, 2.45) is 11.7 Å². The second kappa shape index (κ2) is 8.80. The summed E-state index contributed by atoms with van der Waals surface area (Å²) >= 11 is 0. The van der Waals surface area contributed by atoms with Crippen molar-refractivity contribution in [2.75, 3.05) is 26.8 Å². The zero-order chi connectivity index (χ0) is 17.5. The van der Waals surface area contributed by atoms with Crippen LogP contribution in [0.5, 0.6) is 0 Å². The maximum Gasteiger partial charge on any atom is 0.248 e. The van der Waals surface area contributed by atoms with Crippen molar-refractivity contribution in [1.29, 1.82) is 0 Å². The fraction of sp³-hybridized carbons (Fsp3) is 0.556. The average Bonchev–Trinajstić information content (AvgIpc) is 2.62. The summed E-state index contributed by atoms with van der Waals surface area (Å²) in [5, 5.41) is 3.07. The molecule has 1 fully saturated rings. The van der Waals surface area contributed by atoms with Crippen LogP contribution in [0.4, 0.5) is 0 Å². The molecule has 1 heterocycles. The number of benzene rings is 1. The molecule has 0 saturated carbocycles. The Labute approximate surface area is 143 Å². The van der Waals surface area contributed by atoms with Crippen molar-refractivity contribution in [3.8, 4) is 0 Å². The summed E-state index contributed by atoms with van der Waals surface area (Å²) in [6.45, 7) is 3.25. The first-order valence-corrected chi connectivity index (χ1v) is 8.40. The molecule has 0 bridgehead atoms. The Morgan fingerprint density at radius 2 is 1.92 bits per heavy atom. The number of nitrogens with two attached hydrogens (primary N) is 1. The van der Waals surface area contributed by atoms with Gasteiger partial charge in [0.2, 0.25) is 11.8 Å². The number of rotatable bonds is 6.